The number of hydrogen-bond acceptors (Lipinski definition) is 4. The lowest BCUT2D eigenvalue weighted by Gasteiger charge is -2.33. The summed E-state index contributed by atoms with van der Waals surface area (Å²) in [4.78, 5) is 2.13. The molecule has 0 unspecified atom stereocenters. The molecule has 0 bridgehead atoms. The SMILES string of the molecule is Nc1ccc2c(c1)Oc1ccc(N)cc1N2c1ccccc1. The minimum Gasteiger partial charge on any atom is -0.453 e. The summed E-state index contributed by atoms with van der Waals surface area (Å²) in [5, 5.41) is 0. The molecule has 3 aromatic carbocycles. The van der Waals surface area contributed by atoms with Crippen LogP contribution in [0.5, 0.6) is 11.5 Å². The number of ether oxygens (including phenoxy) is 1. The van der Waals surface area contributed by atoms with E-state index in [0.717, 1.165) is 28.6 Å². The van der Waals surface area contributed by atoms with Gasteiger partial charge in [-0.2, -0.15) is 0 Å². The predicted octanol–water partition coefficient (Wildman–Crippen LogP) is 4.43. The molecule has 1 heterocycles. The van der Waals surface area contributed by atoms with Crippen molar-refractivity contribution in [2.45, 2.75) is 0 Å². The van der Waals surface area contributed by atoms with E-state index >= 15 is 0 Å². The number of rotatable bonds is 1. The lowest BCUT2D eigenvalue weighted by molar-refractivity contribution is 0.477. The first-order valence-electron chi connectivity index (χ1n) is 7.04. The molecule has 0 aliphatic carbocycles. The Hall–Kier alpha value is -3.14. The fraction of sp³-hybridized carbons (Fsp3) is 0. The van der Waals surface area contributed by atoms with Crippen LogP contribution in [0.3, 0.4) is 0 Å². The first-order chi connectivity index (χ1) is 10.7. The lowest BCUT2D eigenvalue weighted by Crippen LogP contribution is -2.16. The molecule has 4 heteroatoms. The summed E-state index contributed by atoms with van der Waals surface area (Å²) in [6, 6.07) is 21.4. The van der Waals surface area contributed by atoms with Crippen LogP contribution in [0.1, 0.15) is 0 Å². The third-order valence-electron chi connectivity index (χ3n) is 3.68. The molecule has 4 nitrogen and oxygen atoms in total. The van der Waals surface area contributed by atoms with Crippen molar-refractivity contribution in [3.05, 3.63) is 66.7 Å². The Labute approximate surface area is 128 Å². The molecular formula is C18H15N3O. The highest BCUT2D eigenvalue weighted by molar-refractivity contribution is 5.88. The van der Waals surface area contributed by atoms with Gasteiger partial charge in [-0.15, -0.1) is 0 Å². The van der Waals surface area contributed by atoms with Crippen molar-refractivity contribution >= 4 is 28.4 Å². The molecule has 0 spiro atoms. The third kappa shape index (κ3) is 1.93. The summed E-state index contributed by atoms with van der Waals surface area (Å²) < 4.78 is 5.99. The van der Waals surface area contributed by atoms with Crippen molar-refractivity contribution in [1.29, 1.82) is 0 Å². The van der Waals surface area contributed by atoms with Gasteiger partial charge in [0.25, 0.3) is 0 Å². The van der Waals surface area contributed by atoms with Gasteiger partial charge in [0.2, 0.25) is 0 Å². The Morgan fingerprint density at radius 3 is 2.23 bits per heavy atom. The van der Waals surface area contributed by atoms with Crippen molar-refractivity contribution in [3.63, 3.8) is 0 Å². The van der Waals surface area contributed by atoms with E-state index in [-0.39, 0.29) is 0 Å². The normalized spacial score (nSPS) is 12.3. The van der Waals surface area contributed by atoms with Crippen LogP contribution in [0.2, 0.25) is 0 Å². The van der Waals surface area contributed by atoms with Crippen molar-refractivity contribution in [2.75, 3.05) is 16.4 Å². The van der Waals surface area contributed by atoms with E-state index < -0.39 is 0 Å². The first kappa shape index (κ1) is 12.6. The molecule has 22 heavy (non-hydrogen) atoms. The molecule has 0 saturated carbocycles. The highest BCUT2D eigenvalue weighted by Crippen LogP contribution is 2.51. The van der Waals surface area contributed by atoms with Gasteiger partial charge in [0, 0.05) is 23.1 Å². The molecule has 0 saturated heterocycles. The molecule has 1 aliphatic heterocycles. The molecule has 108 valence electrons. The van der Waals surface area contributed by atoms with E-state index in [1.54, 1.807) is 0 Å². The maximum Gasteiger partial charge on any atom is 0.153 e. The number of benzene rings is 3. The number of anilines is 5. The molecule has 3 aromatic rings. The fourth-order valence-electron chi connectivity index (χ4n) is 2.70. The summed E-state index contributed by atoms with van der Waals surface area (Å²) in [5.41, 5.74) is 16.1. The summed E-state index contributed by atoms with van der Waals surface area (Å²) in [7, 11) is 0. The van der Waals surface area contributed by atoms with Gasteiger partial charge in [-0.05, 0) is 42.5 Å². The molecule has 0 radical (unpaired) electrons. The Kier molecular flexibility index (Phi) is 2.69. The van der Waals surface area contributed by atoms with Crippen LogP contribution < -0.4 is 21.1 Å². The average Bonchev–Trinajstić information content (AvgIpc) is 2.53. The molecule has 0 amide bonds. The van der Waals surface area contributed by atoms with Crippen molar-refractivity contribution in [2.24, 2.45) is 0 Å². The van der Waals surface area contributed by atoms with Crippen LogP contribution in [0.15, 0.2) is 66.7 Å². The van der Waals surface area contributed by atoms with Gasteiger partial charge >= 0.3 is 0 Å². The Balaban J connectivity index is 1.98. The Bertz CT molecular complexity index is 846. The second-order valence-electron chi connectivity index (χ2n) is 5.23. The van der Waals surface area contributed by atoms with Gasteiger partial charge in [0.05, 0.1) is 11.4 Å². The van der Waals surface area contributed by atoms with Crippen LogP contribution in [-0.4, -0.2) is 0 Å². The number of para-hydroxylation sites is 1. The second-order valence-corrected chi connectivity index (χ2v) is 5.23. The summed E-state index contributed by atoms with van der Waals surface area (Å²) in [6.07, 6.45) is 0. The molecule has 0 atom stereocenters. The number of nitrogens with zero attached hydrogens (tertiary/aromatic N) is 1. The van der Waals surface area contributed by atoms with Gasteiger partial charge in [0.1, 0.15) is 0 Å². The van der Waals surface area contributed by atoms with Gasteiger partial charge < -0.3 is 21.1 Å². The van der Waals surface area contributed by atoms with Gasteiger partial charge in [-0.1, -0.05) is 18.2 Å². The number of fused-ring (bicyclic) bond motifs is 2. The van der Waals surface area contributed by atoms with Gasteiger partial charge in [-0.25, -0.2) is 0 Å². The quantitative estimate of drug-likeness (QED) is 0.509. The standard InChI is InChI=1S/C18H15N3O/c19-12-7-9-17-16(10-12)21(14-4-2-1-3-5-14)15-8-6-13(20)11-18(15)22-17/h1-11H,19-20H2. The molecular weight excluding hydrogens is 274 g/mol. The highest BCUT2D eigenvalue weighted by Gasteiger charge is 2.25. The summed E-state index contributed by atoms with van der Waals surface area (Å²) >= 11 is 0. The molecule has 0 fully saturated rings. The van der Waals surface area contributed by atoms with E-state index in [4.69, 9.17) is 16.2 Å². The zero-order valence-electron chi connectivity index (χ0n) is 11.9. The minimum atomic E-state index is 0.672. The number of nitrogens with two attached hydrogens (primary N) is 2. The first-order valence-corrected chi connectivity index (χ1v) is 7.04. The molecule has 4 N–H and O–H groups in total. The maximum atomic E-state index is 5.99. The largest absolute Gasteiger partial charge is 0.453 e. The summed E-state index contributed by atoms with van der Waals surface area (Å²) in [5.74, 6) is 1.50. The van der Waals surface area contributed by atoms with E-state index in [0.29, 0.717) is 11.4 Å². The Morgan fingerprint density at radius 1 is 0.682 bits per heavy atom. The topological polar surface area (TPSA) is 64.5 Å². The van der Waals surface area contributed by atoms with E-state index in [2.05, 4.69) is 17.0 Å². The van der Waals surface area contributed by atoms with Crippen molar-refractivity contribution in [3.8, 4) is 11.5 Å². The molecule has 4 rings (SSSR count). The van der Waals surface area contributed by atoms with Crippen LogP contribution in [-0.2, 0) is 0 Å². The van der Waals surface area contributed by atoms with Crippen molar-refractivity contribution in [1.82, 2.24) is 0 Å². The van der Waals surface area contributed by atoms with Crippen LogP contribution >= 0.6 is 0 Å². The maximum absolute atomic E-state index is 5.99. The van der Waals surface area contributed by atoms with Crippen LogP contribution in [0.25, 0.3) is 0 Å². The van der Waals surface area contributed by atoms with E-state index in [9.17, 15) is 0 Å². The molecule has 0 aromatic heterocycles. The monoisotopic (exact) mass is 289 g/mol. The van der Waals surface area contributed by atoms with Gasteiger partial charge in [-0.3, -0.25) is 0 Å². The number of nitrogen functional groups attached to an aromatic ring is 2. The average molecular weight is 289 g/mol. The van der Waals surface area contributed by atoms with Crippen LogP contribution in [0, 0.1) is 0 Å². The predicted molar refractivity (Wildman–Crippen MR) is 90.0 cm³/mol. The Morgan fingerprint density at radius 2 is 1.41 bits per heavy atom. The van der Waals surface area contributed by atoms with Crippen molar-refractivity contribution < 1.29 is 4.74 Å². The smallest absolute Gasteiger partial charge is 0.153 e. The van der Waals surface area contributed by atoms with E-state index in [1.165, 1.54) is 0 Å². The van der Waals surface area contributed by atoms with E-state index in [1.807, 2.05) is 54.6 Å². The zero-order valence-corrected chi connectivity index (χ0v) is 11.9. The van der Waals surface area contributed by atoms with Crippen LogP contribution in [0.4, 0.5) is 28.4 Å². The zero-order chi connectivity index (χ0) is 15.1. The molecule has 1 aliphatic rings. The lowest BCUT2D eigenvalue weighted by atomic mass is 10.1. The summed E-state index contributed by atoms with van der Waals surface area (Å²) in [6.45, 7) is 0. The minimum absolute atomic E-state index is 0.672. The fourth-order valence-corrected chi connectivity index (χ4v) is 2.70. The second kappa shape index (κ2) is 4.70. The third-order valence-corrected chi connectivity index (χ3v) is 3.68. The van der Waals surface area contributed by atoms with Gasteiger partial charge in [0.15, 0.2) is 11.5 Å². The highest BCUT2D eigenvalue weighted by atomic mass is 16.5. The number of hydrogen-bond donors (Lipinski definition) is 2.